The number of hydrogen-bond donors (Lipinski definition) is 3. The van der Waals surface area contributed by atoms with Crippen LogP contribution in [0, 0.1) is 0 Å². The van der Waals surface area contributed by atoms with Gasteiger partial charge < -0.3 is 19.6 Å². The number of rotatable bonds is 4. The van der Waals surface area contributed by atoms with E-state index in [4.69, 9.17) is 9.15 Å². The Balaban J connectivity index is 1.58. The normalized spacial score (nSPS) is 23.1. The van der Waals surface area contributed by atoms with Crippen molar-refractivity contribution >= 4 is 28.5 Å². The van der Waals surface area contributed by atoms with Crippen molar-refractivity contribution < 1.29 is 23.8 Å². The predicted octanol–water partition coefficient (Wildman–Crippen LogP) is 2.08. The second-order valence-corrected chi connectivity index (χ2v) is 7.47. The van der Waals surface area contributed by atoms with Crippen LogP contribution in [0.5, 0.6) is 5.75 Å². The average Bonchev–Trinajstić information content (AvgIpc) is 3.36. The topological polar surface area (TPSA) is 117 Å². The van der Waals surface area contributed by atoms with Gasteiger partial charge in [-0.3, -0.25) is 9.59 Å². The van der Waals surface area contributed by atoms with Gasteiger partial charge in [0.25, 0.3) is 5.91 Å². The van der Waals surface area contributed by atoms with Crippen molar-refractivity contribution in [3.8, 4) is 5.75 Å². The highest BCUT2D eigenvalue weighted by Gasteiger charge is 2.51. The summed E-state index contributed by atoms with van der Waals surface area (Å²) >= 11 is 0. The molecule has 9 heteroatoms. The molecule has 1 aromatic heterocycles. The number of nitrogens with one attached hydrogen (secondary N) is 2. The standard InChI is InChI=1S/C22H20N4O5/c1-11-15(20-24-17-13(30-2)9-6-10-14(17)31-20)21(27)26-19(23-11)16(18(25-26)22(28)29)12-7-4-3-5-8-12/h3-10,16,18-19,23,25H,1-2H3,(H,28,29). The van der Waals surface area contributed by atoms with Crippen molar-refractivity contribution in [3.05, 3.63) is 65.7 Å². The molecule has 2 aliphatic heterocycles. The van der Waals surface area contributed by atoms with E-state index < -0.39 is 30.0 Å². The maximum atomic E-state index is 13.4. The molecule has 1 saturated heterocycles. The van der Waals surface area contributed by atoms with Gasteiger partial charge in [-0.25, -0.2) is 15.4 Å². The molecule has 3 atom stereocenters. The quantitative estimate of drug-likeness (QED) is 0.587. The zero-order valence-electron chi connectivity index (χ0n) is 16.8. The molecule has 0 radical (unpaired) electrons. The third-order valence-electron chi connectivity index (χ3n) is 5.69. The van der Waals surface area contributed by atoms with E-state index in [1.807, 2.05) is 30.3 Å². The summed E-state index contributed by atoms with van der Waals surface area (Å²) in [6.07, 6.45) is -0.571. The lowest BCUT2D eigenvalue weighted by Gasteiger charge is -2.34. The van der Waals surface area contributed by atoms with Crippen LogP contribution in [0.1, 0.15) is 24.3 Å². The third kappa shape index (κ3) is 2.93. The fourth-order valence-corrected chi connectivity index (χ4v) is 4.27. The zero-order chi connectivity index (χ0) is 21.7. The number of carbonyl (C=O) groups is 2. The fourth-order valence-electron chi connectivity index (χ4n) is 4.27. The van der Waals surface area contributed by atoms with Gasteiger partial charge in [0, 0.05) is 5.70 Å². The molecular formula is C22H20N4O5. The minimum absolute atomic E-state index is 0.143. The molecule has 31 heavy (non-hydrogen) atoms. The Labute approximate surface area is 177 Å². The highest BCUT2D eigenvalue weighted by Crippen LogP contribution is 2.38. The molecule has 1 amide bonds. The minimum atomic E-state index is -1.04. The number of nitrogens with zero attached hydrogens (tertiary/aromatic N) is 2. The molecule has 1 fully saturated rings. The number of benzene rings is 2. The third-order valence-corrected chi connectivity index (χ3v) is 5.69. The van der Waals surface area contributed by atoms with Gasteiger partial charge in [0.05, 0.1) is 13.0 Å². The summed E-state index contributed by atoms with van der Waals surface area (Å²) in [6, 6.07) is 13.6. The molecule has 0 saturated carbocycles. The van der Waals surface area contributed by atoms with E-state index >= 15 is 0 Å². The molecule has 3 aromatic rings. The Morgan fingerprint density at radius 1 is 1.19 bits per heavy atom. The molecule has 2 aliphatic rings. The van der Waals surface area contributed by atoms with Crippen molar-refractivity contribution in [2.45, 2.75) is 25.0 Å². The van der Waals surface area contributed by atoms with Crippen LogP contribution in [0.25, 0.3) is 16.7 Å². The van der Waals surface area contributed by atoms with Crippen molar-refractivity contribution in [1.29, 1.82) is 0 Å². The molecule has 3 unspecified atom stereocenters. The summed E-state index contributed by atoms with van der Waals surface area (Å²) in [5.41, 5.74) is 5.47. The minimum Gasteiger partial charge on any atom is -0.494 e. The van der Waals surface area contributed by atoms with Gasteiger partial charge in [-0.05, 0) is 24.6 Å². The highest BCUT2D eigenvalue weighted by atomic mass is 16.5. The van der Waals surface area contributed by atoms with Gasteiger partial charge in [0.1, 0.15) is 23.5 Å². The molecule has 3 heterocycles. The van der Waals surface area contributed by atoms with Crippen LogP contribution in [0.4, 0.5) is 0 Å². The number of carbonyl (C=O) groups excluding carboxylic acids is 1. The Kier molecular flexibility index (Phi) is 4.40. The van der Waals surface area contributed by atoms with E-state index in [0.717, 1.165) is 5.56 Å². The number of oxazole rings is 1. The maximum Gasteiger partial charge on any atom is 0.323 e. The molecule has 5 rings (SSSR count). The SMILES string of the molecule is COc1cccc2oc(C3=C(C)NC4C(c5ccccc5)C(C(=O)O)NN4C3=O)nc12. The molecular weight excluding hydrogens is 400 g/mol. The summed E-state index contributed by atoms with van der Waals surface area (Å²) in [4.78, 5) is 29.9. The number of methoxy groups -OCH3 is 1. The number of hydrazine groups is 1. The predicted molar refractivity (Wildman–Crippen MR) is 111 cm³/mol. The monoisotopic (exact) mass is 420 g/mol. The van der Waals surface area contributed by atoms with Crippen LogP contribution in [-0.2, 0) is 9.59 Å². The second-order valence-electron chi connectivity index (χ2n) is 7.47. The number of carboxylic acids is 1. The van der Waals surface area contributed by atoms with E-state index in [-0.39, 0.29) is 11.5 Å². The number of fused-ring (bicyclic) bond motifs is 2. The summed E-state index contributed by atoms with van der Waals surface area (Å²) in [5.74, 6) is -1.25. The summed E-state index contributed by atoms with van der Waals surface area (Å²) < 4.78 is 11.2. The summed E-state index contributed by atoms with van der Waals surface area (Å²) in [6.45, 7) is 1.76. The number of aliphatic carboxylic acids is 1. The van der Waals surface area contributed by atoms with Crippen LogP contribution in [0.2, 0.25) is 0 Å². The van der Waals surface area contributed by atoms with Gasteiger partial charge in [0.15, 0.2) is 11.1 Å². The van der Waals surface area contributed by atoms with Crippen molar-refractivity contribution in [3.63, 3.8) is 0 Å². The van der Waals surface area contributed by atoms with E-state index in [0.29, 0.717) is 22.5 Å². The van der Waals surface area contributed by atoms with Crippen LogP contribution >= 0.6 is 0 Å². The van der Waals surface area contributed by atoms with Crippen LogP contribution in [-0.4, -0.2) is 46.3 Å². The Morgan fingerprint density at radius 2 is 1.97 bits per heavy atom. The molecule has 3 N–H and O–H groups in total. The Morgan fingerprint density at radius 3 is 2.68 bits per heavy atom. The number of para-hydroxylation sites is 1. The molecule has 0 spiro atoms. The Bertz CT molecular complexity index is 1220. The summed E-state index contributed by atoms with van der Waals surface area (Å²) in [7, 11) is 1.54. The lowest BCUT2D eigenvalue weighted by atomic mass is 9.89. The zero-order valence-corrected chi connectivity index (χ0v) is 16.8. The smallest absolute Gasteiger partial charge is 0.323 e. The largest absolute Gasteiger partial charge is 0.494 e. The van der Waals surface area contributed by atoms with Gasteiger partial charge in [0.2, 0.25) is 5.89 Å². The Hall–Kier alpha value is -3.85. The van der Waals surface area contributed by atoms with Gasteiger partial charge in [-0.2, -0.15) is 0 Å². The number of allylic oxidation sites excluding steroid dienone is 1. The number of ether oxygens (including phenoxy) is 1. The first-order chi connectivity index (χ1) is 15.0. The first-order valence-electron chi connectivity index (χ1n) is 9.78. The van der Waals surface area contributed by atoms with Crippen molar-refractivity contribution in [2.75, 3.05) is 7.11 Å². The number of carboxylic acid groups (broad SMARTS) is 1. The van der Waals surface area contributed by atoms with Crippen LogP contribution in [0.15, 0.2) is 58.6 Å². The maximum absolute atomic E-state index is 13.4. The molecule has 2 aromatic carbocycles. The molecule has 158 valence electrons. The number of amides is 1. The lowest BCUT2D eigenvalue weighted by Crippen LogP contribution is -2.54. The van der Waals surface area contributed by atoms with Crippen LogP contribution < -0.4 is 15.5 Å². The van der Waals surface area contributed by atoms with Gasteiger partial charge in [-0.1, -0.05) is 36.4 Å². The number of aromatic nitrogens is 1. The van der Waals surface area contributed by atoms with Crippen molar-refractivity contribution in [1.82, 2.24) is 20.7 Å². The van der Waals surface area contributed by atoms with Crippen molar-refractivity contribution in [2.24, 2.45) is 0 Å². The average molecular weight is 420 g/mol. The first-order valence-corrected chi connectivity index (χ1v) is 9.78. The second kappa shape index (κ2) is 7.13. The van der Waals surface area contributed by atoms with E-state index in [9.17, 15) is 14.7 Å². The molecule has 0 bridgehead atoms. The van der Waals surface area contributed by atoms with Gasteiger partial charge in [-0.15, -0.1) is 0 Å². The van der Waals surface area contributed by atoms with E-state index in [1.165, 1.54) is 12.1 Å². The van der Waals surface area contributed by atoms with Crippen LogP contribution in [0.3, 0.4) is 0 Å². The highest BCUT2D eigenvalue weighted by molar-refractivity contribution is 6.20. The van der Waals surface area contributed by atoms with E-state index in [1.54, 1.807) is 25.1 Å². The number of hydrogen-bond acceptors (Lipinski definition) is 7. The molecule has 0 aliphatic carbocycles. The summed E-state index contributed by atoms with van der Waals surface area (Å²) in [5, 5.41) is 14.4. The fraction of sp³-hybridized carbons (Fsp3) is 0.227. The lowest BCUT2D eigenvalue weighted by molar-refractivity contribution is -0.140. The first kappa shape index (κ1) is 19.1. The van der Waals surface area contributed by atoms with Gasteiger partial charge >= 0.3 is 5.97 Å². The molecule has 9 nitrogen and oxygen atoms in total. The van der Waals surface area contributed by atoms with E-state index in [2.05, 4.69) is 15.7 Å².